The van der Waals surface area contributed by atoms with E-state index in [0.29, 0.717) is 16.9 Å². The molecule has 0 bridgehead atoms. The van der Waals surface area contributed by atoms with Gasteiger partial charge in [-0.05, 0) is 49.7 Å². The van der Waals surface area contributed by atoms with Crippen molar-refractivity contribution in [3.8, 4) is 5.75 Å². The van der Waals surface area contributed by atoms with Crippen LogP contribution in [0.4, 0.5) is 0 Å². The summed E-state index contributed by atoms with van der Waals surface area (Å²) in [5.74, 6) is -0.902. The van der Waals surface area contributed by atoms with Gasteiger partial charge in [-0.2, -0.15) is 0 Å². The van der Waals surface area contributed by atoms with Crippen molar-refractivity contribution in [3.63, 3.8) is 0 Å². The molecule has 0 fully saturated rings. The fraction of sp³-hybridized carbons (Fsp3) is 0.263. The Morgan fingerprint density at radius 3 is 2.40 bits per heavy atom. The smallest absolute Gasteiger partial charge is 0.251 e. The van der Waals surface area contributed by atoms with Crippen molar-refractivity contribution in [2.45, 2.75) is 32.4 Å². The molecule has 0 aliphatic rings. The zero-order chi connectivity index (χ0) is 18.4. The van der Waals surface area contributed by atoms with Gasteiger partial charge in [0.1, 0.15) is 5.75 Å². The van der Waals surface area contributed by atoms with Crippen LogP contribution < -0.4 is 15.2 Å². The Morgan fingerprint density at radius 2 is 1.84 bits per heavy atom. The molecule has 0 saturated carbocycles. The Morgan fingerprint density at radius 1 is 1.16 bits per heavy atom. The fourth-order valence-corrected chi connectivity index (χ4v) is 2.74. The molecule has 2 aromatic rings. The van der Waals surface area contributed by atoms with E-state index in [1.54, 1.807) is 42.5 Å². The van der Waals surface area contributed by atoms with Gasteiger partial charge in [0.25, 0.3) is 5.91 Å². The van der Waals surface area contributed by atoms with E-state index >= 15 is 0 Å². The molecule has 25 heavy (non-hydrogen) atoms. The van der Waals surface area contributed by atoms with E-state index < -0.39 is 12.0 Å². The lowest BCUT2D eigenvalue weighted by Gasteiger charge is -2.20. The van der Waals surface area contributed by atoms with Crippen LogP contribution in [0.2, 0.25) is 0 Å². The van der Waals surface area contributed by atoms with Crippen LogP contribution in [0.15, 0.2) is 53.0 Å². The van der Waals surface area contributed by atoms with Crippen LogP contribution in [-0.2, 0) is 4.79 Å². The molecule has 0 aromatic heterocycles. The third kappa shape index (κ3) is 5.90. The number of ether oxygens (including phenoxy) is 1. The predicted molar refractivity (Wildman–Crippen MR) is 96.2 cm³/mol. The number of carbonyl (C=O) groups excluding carboxylic acids is 2. The maximum absolute atomic E-state index is 12.4. The summed E-state index contributed by atoms with van der Waals surface area (Å²) >= 11 is 3.31. The number of carboxylic acid groups (broad SMARTS) is 1. The highest BCUT2D eigenvalue weighted by atomic mass is 79.9. The van der Waals surface area contributed by atoms with Crippen molar-refractivity contribution in [1.82, 2.24) is 5.32 Å². The first-order chi connectivity index (χ1) is 11.8. The number of rotatable bonds is 7. The number of hydrogen-bond acceptors (Lipinski definition) is 4. The van der Waals surface area contributed by atoms with E-state index in [0.717, 1.165) is 4.47 Å². The van der Waals surface area contributed by atoms with Crippen LogP contribution in [0, 0.1) is 0 Å². The van der Waals surface area contributed by atoms with Crippen molar-refractivity contribution in [2.24, 2.45) is 0 Å². The molecule has 1 unspecified atom stereocenters. The van der Waals surface area contributed by atoms with Gasteiger partial charge in [0, 0.05) is 22.4 Å². The summed E-state index contributed by atoms with van der Waals surface area (Å²) in [6.07, 6.45) is -0.273. The molecule has 0 radical (unpaired) electrons. The van der Waals surface area contributed by atoms with Gasteiger partial charge in [0.05, 0.1) is 12.1 Å². The fourth-order valence-electron chi connectivity index (χ4n) is 2.34. The lowest BCUT2D eigenvalue weighted by molar-refractivity contribution is -0.306. The third-order valence-electron chi connectivity index (χ3n) is 3.42. The molecule has 132 valence electrons. The molecule has 0 spiro atoms. The molecular formula is C19H19BrNO4-. The SMILES string of the molecule is CC(C)Oc1ccc(C(CC(=O)[O-])NC(=O)c2cccc(Br)c2)cc1. The van der Waals surface area contributed by atoms with Crippen LogP contribution in [0.5, 0.6) is 5.75 Å². The Bertz CT molecular complexity index is 743. The molecule has 6 heteroatoms. The van der Waals surface area contributed by atoms with E-state index in [4.69, 9.17) is 4.74 Å². The van der Waals surface area contributed by atoms with Crippen LogP contribution in [-0.4, -0.2) is 18.0 Å². The van der Waals surface area contributed by atoms with Crippen molar-refractivity contribution in [2.75, 3.05) is 0 Å². The lowest BCUT2D eigenvalue weighted by Crippen LogP contribution is -2.34. The minimum absolute atomic E-state index is 0.0427. The maximum Gasteiger partial charge on any atom is 0.251 e. The van der Waals surface area contributed by atoms with Gasteiger partial charge in [-0.3, -0.25) is 4.79 Å². The molecule has 0 aliphatic carbocycles. The third-order valence-corrected chi connectivity index (χ3v) is 3.91. The minimum atomic E-state index is -1.23. The first-order valence-corrected chi connectivity index (χ1v) is 8.67. The summed E-state index contributed by atoms with van der Waals surface area (Å²) in [7, 11) is 0. The van der Waals surface area contributed by atoms with Crippen LogP contribution in [0.3, 0.4) is 0 Å². The number of aliphatic carboxylic acids is 1. The van der Waals surface area contributed by atoms with Gasteiger partial charge >= 0.3 is 0 Å². The largest absolute Gasteiger partial charge is 0.550 e. The van der Waals surface area contributed by atoms with Gasteiger partial charge < -0.3 is 20.0 Å². The molecule has 2 rings (SSSR count). The Balaban J connectivity index is 2.18. The lowest BCUT2D eigenvalue weighted by atomic mass is 10.0. The van der Waals surface area contributed by atoms with Crippen molar-refractivity contribution >= 4 is 27.8 Å². The second-order valence-electron chi connectivity index (χ2n) is 5.85. The predicted octanol–water partition coefficient (Wildman–Crippen LogP) is 2.85. The van der Waals surface area contributed by atoms with Crippen LogP contribution in [0.1, 0.15) is 42.2 Å². The number of hydrogen-bond donors (Lipinski definition) is 1. The molecule has 0 saturated heterocycles. The number of amides is 1. The van der Waals surface area contributed by atoms with Crippen molar-refractivity contribution in [1.29, 1.82) is 0 Å². The molecule has 0 heterocycles. The van der Waals surface area contributed by atoms with Gasteiger partial charge in [0.2, 0.25) is 0 Å². The minimum Gasteiger partial charge on any atom is -0.550 e. The first kappa shape index (κ1) is 19.0. The summed E-state index contributed by atoms with van der Waals surface area (Å²) in [4.78, 5) is 23.5. The van der Waals surface area contributed by atoms with E-state index in [2.05, 4.69) is 21.2 Å². The monoisotopic (exact) mass is 404 g/mol. The van der Waals surface area contributed by atoms with Gasteiger partial charge in [-0.25, -0.2) is 0 Å². The number of benzene rings is 2. The highest BCUT2D eigenvalue weighted by Crippen LogP contribution is 2.22. The second kappa shape index (κ2) is 8.67. The normalized spacial score (nSPS) is 11.8. The summed E-state index contributed by atoms with van der Waals surface area (Å²) in [5, 5.41) is 13.8. The zero-order valence-corrected chi connectivity index (χ0v) is 15.6. The zero-order valence-electron chi connectivity index (χ0n) is 14.0. The van der Waals surface area contributed by atoms with E-state index in [9.17, 15) is 14.7 Å². The summed E-state index contributed by atoms with van der Waals surface area (Å²) in [6, 6.07) is 13.2. The van der Waals surface area contributed by atoms with Crippen LogP contribution >= 0.6 is 15.9 Å². The molecule has 1 amide bonds. The summed E-state index contributed by atoms with van der Waals surface area (Å²) in [6.45, 7) is 3.84. The van der Waals surface area contributed by atoms with E-state index in [-0.39, 0.29) is 18.4 Å². The van der Waals surface area contributed by atoms with Crippen LogP contribution in [0.25, 0.3) is 0 Å². The van der Waals surface area contributed by atoms with Gasteiger partial charge in [-0.15, -0.1) is 0 Å². The summed E-state index contributed by atoms with van der Waals surface area (Å²) < 4.78 is 6.34. The standard InChI is InChI=1S/C19H20BrNO4/c1-12(2)25-16-8-6-13(7-9-16)17(11-18(22)23)21-19(24)14-4-3-5-15(20)10-14/h3-10,12,17H,11H2,1-2H3,(H,21,24)(H,22,23)/p-1. The number of carboxylic acids is 1. The van der Waals surface area contributed by atoms with Crippen molar-refractivity contribution < 1.29 is 19.4 Å². The molecular weight excluding hydrogens is 386 g/mol. The second-order valence-corrected chi connectivity index (χ2v) is 6.76. The van der Waals surface area contributed by atoms with Crippen molar-refractivity contribution in [3.05, 3.63) is 64.1 Å². The Labute approximate surface area is 155 Å². The van der Waals surface area contributed by atoms with Gasteiger partial charge in [-0.1, -0.05) is 34.1 Å². The molecule has 1 atom stereocenters. The first-order valence-electron chi connectivity index (χ1n) is 7.88. The highest BCUT2D eigenvalue weighted by molar-refractivity contribution is 9.10. The Hall–Kier alpha value is -2.34. The molecule has 5 nitrogen and oxygen atoms in total. The molecule has 2 aromatic carbocycles. The van der Waals surface area contributed by atoms with Gasteiger partial charge in [0.15, 0.2) is 0 Å². The molecule has 1 N–H and O–H groups in total. The Kier molecular flexibility index (Phi) is 6.58. The van der Waals surface area contributed by atoms with E-state index in [1.165, 1.54) is 0 Å². The number of carbonyl (C=O) groups is 2. The highest BCUT2D eigenvalue weighted by Gasteiger charge is 2.16. The van der Waals surface area contributed by atoms with E-state index in [1.807, 2.05) is 19.9 Å². The summed E-state index contributed by atoms with van der Waals surface area (Å²) in [5.41, 5.74) is 1.11. The maximum atomic E-state index is 12.4. The average Bonchev–Trinajstić information content (AvgIpc) is 2.54. The molecule has 0 aliphatic heterocycles. The quantitative estimate of drug-likeness (QED) is 0.769. The number of halogens is 1. The number of nitrogens with one attached hydrogen (secondary N) is 1. The topological polar surface area (TPSA) is 78.5 Å². The average molecular weight is 405 g/mol.